The molecule has 1 saturated heterocycles. The molecule has 6 heteroatoms. The van der Waals surface area contributed by atoms with Crippen LogP contribution in [0.2, 0.25) is 0 Å². The van der Waals surface area contributed by atoms with Crippen molar-refractivity contribution in [2.45, 2.75) is 20.3 Å². The average Bonchev–Trinajstić information content (AvgIpc) is 2.80. The molecule has 0 aromatic heterocycles. The highest BCUT2D eigenvalue weighted by Gasteiger charge is 2.35. The minimum absolute atomic E-state index is 0.176. The summed E-state index contributed by atoms with van der Waals surface area (Å²) in [6.45, 7) is 3.65. The van der Waals surface area contributed by atoms with E-state index in [1.807, 2.05) is 6.92 Å². The minimum Gasteiger partial charge on any atom is -0.465 e. The summed E-state index contributed by atoms with van der Waals surface area (Å²) in [7, 11) is 1.30. The Morgan fingerprint density at radius 1 is 1.24 bits per heavy atom. The third kappa shape index (κ3) is 2.65. The smallest absolute Gasteiger partial charge is 0.337 e. The van der Waals surface area contributed by atoms with Crippen molar-refractivity contribution in [2.75, 3.05) is 12.1 Å². The number of carbonyl (C=O) groups excluding carboxylic acids is 3. The molecule has 21 heavy (non-hydrogen) atoms. The molecular formula is C15H16N2O4. The number of hydrogen-bond acceptors (Lipinski definition) is 4. The summed E-state index contributed by atoms with van der Waals surface area (Å²) < 4.78 is 4.61. The Hall–Kier alpha value is -2.63. The van der Waals surface area contributed by atoms with Crippen molar-refractivity contribution in [2.24, 2.45) is 0 Å². The van der Waals surface area contributed by atoms with Crippen LogP contribution in [0.5, 0.6) is 0 Å². The van der Waals surface area contributed by atoms with E-state index in [9.17, 15) is 14.4 Å². The fourth-order valence-electron chi connectivity index (χ4n) is 2.02. The molecule has 0 saturated carbocycles. The Bertz CT molecular complexity index is 632. The zero-order valence-electron chi connectivity index (χ0n) is 12.1. The monoisotopic (exact) mass is 288 g/mol. The number of nitrogens with one attached hydrogen (secondary N) is 1. The van der Waals surface area contributed by atoms with Gasteiger partial charge in [-0.25, -0.2) is 9.80 Å². The highest BCUT2D eigenvalue weighted by molar-refractivity contribution is 6.29. The third-order valence-corrected chi connectivity index (χ3v) is 3.36. The van der Waals surface area contributed by atoms with Gasteiger partial charge in [0.15, 0.2) is 0 Å². The molecule has 0 bridgehead atoms. The van der Waals surface area contributed by atoms with E-state index in [1.54, 1.807) is 19.1 Å². The summed E-state index contributed by atoms with van der Waals surface area (Å²) >= 11 is 0. The van der Waals surface area contributed by atoms with Crippen molar-refractivity contribution in [3.8, 4) is 0 Å². The maximum atomic E-state index is 12.3. The summed E-state index contributed by atoms with van der Waals surface area (Å²) in [5.74, 6) is -1.25. The number of amides is 2. The second-order valence-electron chi connectivity index (χ2n) is 4.63. The van der Waals surface area contributed by atoms with Gasteiger partial charge in [0, 0.05) is 0 Å². The minimum atomic E-state index is -0.458. The Labute approximate surface area is 122 Å². The van der Waals surface area contributed by atoms with Crippen molar-refractivity contribution >= 4 is 23.5 Å². The Balaban J connectivity index is 2.30. The van der Waals surface area contributed by atoms with Crippen molar-refractivity contribution in [1.82, 2.24) is 5.43 Å². The van der Waals surface area contributed by atoms with E-state index in [2.05, 4.69) is 10.2 Å². The summed E-state index contributed by atoms with van der Waals surface area (Å²) in [6.07, 6.45) is 0.629. The highest BCUT2D eigenvalue weighted by atomic mass is 16.5. The SMILES string of the molecule is CCC(C)=C1C(=O)NN(c2ccc(C(=O)OC)cc2)C1=O. The molecule has 1 aliphatic rings. The molecule has 110 valence electrons. The van der Waals surface area contributed by atoms with Crippen LogP contribution in [0.3, 0.4) is 0 Å². The molecule has 0 atom stereocenters. The molecule has 0 spiro atoms. The number of rotatable bonds is 3. The molecule has 1 heterocycles. The van der Waals surface area contributed by atoms with Crippen LogP contribution in [-0.4, -0.2) is 24.9 Å². The van der Waals surface area contributed by atoms with Crippen LogP contribution < -0.4 is 10.4 Å². The first-order valence-corrected chi connectivity index (χ1v) is 6.53. The van der Waals surface area contributed by atoms with Crippen LogP contribution >= 0.6 is 0 Å². The number of methoxy groups -OCH3 is 1. The highest BCUT2D eigenvalue weighted by Crippen LogP contribution is 2.23. The van der Waals surface area contributed by atoms with Crippen LogP contribution in [0.25, 0.3) is 0 Å². The predicted octanol–water partition coefficient (Wildman–Crippen LogP) is 1.58. The van der Waals surface area contributed by atoms with E-state index in [1.165, 1.54) is 24.3 Å². The second-order valence-corrected chi connectivity index (χ2v) is 4.63. The molecule has 0 unspecified atom stereocenters. The number of ether oxygens (including phenoxy) is 1. The number of esters is 1. The number of benzene rings is 1. The normalized spacial score (nSPS) is 16.8. The number of nitrogens with zero attached hydrogens (tertiary/aromatic N) is 1. The van der Waals surface area contributed by atoms with Crippen LogP contribution in [0.4, 0.5) is 5.69 Å². The zero-order chi connectivity index (χ0) is 15.6. The average molecular weight is 288 g/mol. The van der Waals surface area contributed by atoms with Gasteiger partial charge >= 0.3 is 5.97 Å². The Morgan fingerprint density at radius 3 is 2.38 bits per heavy atom. The summed E-state index contributed by atoms with van der Waals surface area (Å²) in [5, 5.41) is 1.18. The van der Waals surface area contributed by atoms with Gasteiger partial charge < -0.3 is 4.74 Å². The van der Waals surface area contributed by atoms with Crippen LogP contribution in [0, 0.1) is 0 Å². The first kappa shape index (κ1) is 14.8. The second kappa shape index (κ2) is 5.78. The van der Waals surface area contributed by atoms with Gasteiger partial charge in [0.05, 0.1) is 18.4 Å². The van der Waals surface area contributed by atoms with Gasteiger partial charge in [0.25, 0.3) is 11.8 Å². The molecule has 2 amide bonds. The molecule has 1 aromatic rings. The van der Waals surface area contributed by atoms with E-state index in [4.69, 9.17) is 0 Å². The first-order chi connectivity index (χ1) is 9.99. The van der Waals surface area contributed by atoms with E-state index in [0.717, 1.165) is 5.57 Å². The first-order valence-electron chi connectivity index (χ1n) is 6.53. The van der Waals surface area contributed by atoms with Crippen molar-refractivity contribution in [1.29, 1.82) is 0 Å². The molecular weight excluding hydrogens is 272 g/mol. The Kier molecular flexibility index (Phi) is 4.07. The standard InChI is InChI=1S/C15H16N2O4/c1-4-9(2)12-13(18)16-17(14(12)19)11-7-5-10(6-8-11)15(20)21-3/h5-8H,4H2,1-3H3,(H,16,18). The van der Waals surface area contributed by atoms with Gasteiger partial charge in [-0.2, -0.15) is 0 Å². The maximum Gasteiger partial charge on any atom is 0.337 e. The largest absolute Gasteiger partial charge is 0.465 e. The van der Waals surface area contributed by atoms with Gasteiger partial charge in [-0.15, -0.1) is 0 Å². The number of hydrazine groups is 1. The van der Waals surface area contributed by atoms with E-state index in [0.29, 0.717) is 17.7 Å². The van der Waals surface area contributed by atoms with E-state index < -0.39 is 11.9 Å². The fourth-order valence-corrected chi connectivity index (χ4v) is 2.02. The quantitative estimate of drug-likeness (QED) is 0.520. The molecule has 1 aliphatic heterocycles. The van der Waals surface area contributed by atoms with Gasteiger partial charge in [0.1, 0.15) is 5.57 Å². The predicted molar refractivity (Wildman–Crippen MR) is 76.4 cm³/mol. The van der Waals surface area contributed by atoms with Gasteiger partial charge in [0.2, 0.25) is 0 Å². The number of allylic oxidation sites excluding steroid dienone is 1. The lowest BCUT2D eigenvalue weighted by atomic mass is 10.1. The van der Waals surface area contributed by atoms with Crippen LogP contribution in [0.1, 0.15) is 30.6 Å². The molecule has 1 fully saturated rings. The molecule has 1 N–H and O–H groups in total. The lowest BCUT2D eigenvalue weighted by Gasteiger charge is -2.14. The van der Waals surface area contributed by atoms with E-state index in [-0.39, 0.29) is 11.5 Å². The summed E-state index contributed by atoms with van der Waals surface area (Å²) in [6, 6.07) is 6.23. The number of carbonyl (C=O) groups is 3. The summed E-state index contributed by atoms with van der Waals surface area (Å²) in [5.41, 5.74) is 4.30. The molecule has 2 rings (SSSR count). The summed E-state index contributed by atoms with van der Waals surface area (Å²) in [4.78, 5) is 35.5. The number of hydrogen-bond donors (Lipinski definition) is 1. The fraction of sp³-hybridized carbons (Fsp3) is 0.267. The van der Waals surface area contributed by atoms with Crippen molar-refractivity contribution < 1.29 is 19.1 Å². The Morgan fingerprint density at radius 2 is 1.86 bits per heavy atom. The zero-order valence-corrected chi connectivity index (χ0v) is 12.1. The lowest BCUT2D eigenvalue weighted by Crippen LogP contribution is -2.35. The molecule has 6 nitrogen and oxygen atoms in total. The molecule has 0 aliphatic carbocycles. The molecule has 0 radical (unpaired) electrons. The lowest BCUT2D eigenvalue weighted by molar-refractivity contribution is -0.117. The van der Waals surface area contributed by atoms with Gasteiger partial charge in [-0.05, 0) is 37.6 Å². The topological polar surface area (TPSA) is 75.7 Å². The van der Waals surface area contributed by atoms with Crippen molar-refractivity contribution in [3.05, 3.63) is 41.0 Å². The van der Waals surface area contributed by atoms with Gasteiger partial charge in [-0.1, -0.05) is 12.5 Å². The van der Waals surface area contributed by atoms with Gasteiger partial charge in [-0.3, -0.25) is 15.0 Å². The van der Waals surface area contributed by atoms with Crippen molar-refractivity contribution in [3.63, 3.8) is 0 Å². The molecule has 1 aromatic carbocycles. The van der Waals surface area contributed by atoms with Crippen LogP contribution in [-0.2, 0) is 14.3 Å². The van der Waals surface area contributed by atoms with E-state index >= 15 is 0 Å². The maximum absolute atomic E-state index is 12.3. The third-order valence-electron chi connectivity index (χ3n) is 3.36. The van der Waals surface area contributed by atoms with Crippen LogP contribution in [0.15, 0.2) is 35.4 Å². The number of anilines is 1.